The van der Waals surface area contributed by atoms with Gasteiger partial charge in [-0.3, -0.25) is 4.79 Å². The predicted molar refractivity (Wildman–Crippen MR) is 66.0 cm³/mol. The summed E-state index contributed by atoms with van der Waals surface area (Å²) >= 11 is 7.25. The number of aromatic nitrogens is 2. The van der Waals surface area contributed by atoms with Gasteiger partial charge in [-0.1, -0.05) is 23.4 Å². The van der Waals surface area contributed by atoms with E-state index in [9.17, 15) is 4.79 Å². The zero-order chi connectivity index (χ0) is 12.3. The molecule has 1 heterocycles. The molecule has 0 aliphatic heterocycles. The summed E-state index contributed by atoms with van der Waals surface area (Å²) in [6.45, 7) is 5.69. The van der Waals surface area contributed by atoms with Crippen LogP contribution in [-0.4, -0.2) is 27.7 Å². The molecule has 0 saturated carbocycles. The van der Waals surface area contributed by atoms with E-state index in [2.05, 4.69) is 15.3 Å². The molecule has 0 fully saturated rings. The predicted octanol–water partition coefficient (Wildman–Crippen LogP) is 2.38. The van der Waals surface area contributed by atoms with E-state index in [1.54, 1.807) is 0 Å². The number of thioether (sulfide) groups is 1. The van der Waals surface area contributed by atoms with E-state index in [-0.39, 0.29) is 22.2 Å². The molecule has 1 aromatic rings. The number of rotatable bonds is 2. The molecule has 1 aromatic heterocycles. The molecule has 0 saturated heterocycles. The van der Waals surface area contributed by atoms with Crippen LogP contribution in [0.15, 0.2) is 11.4 Å². The third-order valence-corrected chi connectivity index (χ3v) is 2.45. The van der Waals surface area contributed by atoms with E-state index in [4.69, 9.17) is 11.6 Å². The van der Waals surface area contributed by atoms with Crippen LogP contribution in [0, 0.1) is 0 Å². The number of carbonyl (C=O) groups excluding carboxylic acids is 1. The maximum absolute atomic E-state index is 11.9. The van der Waals surface area contributed by atoms with Gasteiger partial charge >= 0.3 is 0 Å². The number of carbonyl (C=O) groups is 1. The topological polar surface area (TPSA) is 54.9 Å². The van der Waals surface area contributed by atoms with Gasteiger partial charge in [0.1, 0.15) is 0 Å². The van der Waals surface area contributed by atoms with E-state index in [0.717, 1.165) is 0 Å². The van der Waals surface area contributed by atoms with Crippen molar-refractivity contribution in [2.45, 2.75) is 31.5 Å². The summed E-state index contributed by atoms with van der Waals surface area (Å²) in [5.41, 5.74) is -0.0961. The standard InChI is InChI=1S/C10H14ClN3OS/c1-10(2,3)14-8(15)7-6(11)5-12-9(13-7)16-4/h5H,1-4H3,(H,14,15). The molecule has 88 valence electrons. The third kappa shape index (κ3) is 3.64. The molecule has 1 N–H and O–H groups in total. The van der Waals surface area contributed by atoms with Gasteiger partial charge in [0, 0.05) is 5.54 Å². The molecule has 1 rings (SSSR count). The molecule has 0 bridgehead atoms. The molecule has 0 spiro atoms. The fourth-order valence-corrected chi connectivity index (χ4v) is 1.53. The van der Waals surface area contributed by atoms with E-state index >= 15 is 0 Å². The fourth-order valence-electron chi connectivity index (χ4n) is 1.01. The Hall–Kier alpha value is -0.810. The van der Waals surface area contributed by atoms with Crippen molar-refractivity contribution in [2.24, 2.45) is 0 Å². The molecule has 0 atom stereocenters. The molecule has 6 heteroatoms. The lowest BCUT2D eigenvalue weighted by Gasteiger charge is -2.20. The summed E-state index contributed by atoms with van der Waals surface area (Å²) in [7, 11) is 0. The molecular weight excluding hydrogens is 246 g/mol. The number of nitrogens with zero attached hydrogens (tertiary/aromatic N) is 2. The first-order valence-electron chi connectivity index (χ1n) is 4.72. The molecular formula is C10H14ClN3OS. The average molecular weight is 260 g/mol. The second-order valence-corrected chi connectivity index (χ2v) is 5.44. The first kappa shape index (κ1) is 13.3. The molecule has 0 unspecified atom stereocenters. The van der Waals surface area contributed by atoms with Crippen molar-refractivity contribution >= 4 is 29.3 Å². The van der Waals surface area contributed by atoms with Crippen LogP contribution in [0.2, 0.25) is 5.02 Å². The Morgan fingerprint density at radius 1 is 1.50 bits per heavy atom. The second kappa shape index (κ2) is 5.01. The Balaban J connectivity index is 2.98. The highest BCUT2D eigenvalue weighted by Gasteiger charge is 2.19. The Labute approximate surface area is 104 Å². The van der Waals surface area contributed by atoms with Crippen LogP contribution in [0.1, 0.15) is 31.3 Å². The Bertz CT molecular complexity index is 404. The number of hydrogen-bond acceptors (Lipinski definition) is 4. The minimum Gasteiger partial charge on any atom is -0.346 e. The van der Waals surface area contributed by atoms with Crippen LogP contribution in [0.5, 0.6) is 0 Å². The monoisotopic (exact) mass is 259 g/mol. The van der Waals surface area contributed by atoms with Gasteiger partial charge in [0.05, 0.1) is 11.2 Å². The molecule has 4 nitrogen and oxygen atoms in total. The summed E-state index contributed by atoms with van der Waals surface area (Å²) in [5.74, 6) is -0.282. The number of halogens is 1. The van der Waals surface area contributed by atoms with Crippen molar-refractivity contribution in [3.8, 4) is 0 Å². The highest BCUT2D eigenvalue weighted by molar-refractivity contribution is 7.98. The van der Waals surface area contributed by atoms with Crippen molar-refractivity contribution in [1.82, 2.24) is 15.3 Å². The summed E-state index contributed by atoms with van der Waals surface area (Å²) in [6.07, 6.45) is 3.28. The molecule has 1 amide bonds. The maximum atomic E-state index is 11.9. The fraction of sp³-hybridized carbons (Fsp3) is 0.500. The van der Waals surface area contributed by atoms with Gasteiger partial charge in [-0.25, -0.2) is 9.97 Å². The van der Waals surface area contributed by atoms with E-state index in [1.165, 1.54) is 18.0 Å². The second-order valence-electron chi connectivity index (χ2n) is 4.26. The van der Waals surface area contributed by atoms with E-state index in [1.807, 2.05) is 27.0 Å². The van der Waals surface area contributed by atoms with Gasteiger partial charge in [-0.05, 0) is 27.0 Å². The largest absolute Gasteiger partial charge is 0.346 e. The lowest BCUT2D eigenvalue weighted by molar-refractivity contribution is 0.0913. The zero-order valence-corrected chi connectivity index (χ0v) is 11.2. The van der Waals surface area contributed by atoms with Crippen LogP contribution < -0.4 is 5.32 Å². The van der Waals surface area contributed by atoms with E-state index in [0.29, 0.717) is 5.16 Å². The molecule has 0 aromatic carbocycles. The first-order valence-corrected chi connectivity index (χ1v) is 6.33. The maximum Gasteiger partial charge on any atom is 0.272 e. The highest BCUT2D eigenvalue weighted by atomic mass is 35.5. The first-order chi connectivity index (χ1) is 7.33. The number of amides is 1. The summed E-state index contributed by atoms with van der Waals surface area (Å²) in [6, 6.07) is 0. The van der Waals surface area contributed by atoms with Crippen LogP contribution in [0.4, 0.5) is 0 Å². The number of hydrogen-bond donors (Lipinski definition) is 1. The molecule has 0 radical (unpaired) electrons. The van der Waals surface area contributed by atoms with Crippen LogP contribution in [0.3, 0.4) is 0 Å². The van der Waals surface area contributed by atoms with Crippen LogP contribution in [0.25, 0.3) is 0 Å². The van der Waals surface area contributed by atoms with E-state index < -0.39 is 0 Å². The minimum absolute atomic E-state index is 0.218. The van der Waals surface area contributed by atoms with Gasteiger partial charge in [0.2, 0.25) is 0 Å². The van der Waals surface area contributed by atoms with Crippen molar-refractivity contribution in [1.29, 1.82) is 0 Å². The SMILES string of the molecule is CSc1ncc(Cl)c(C(=O)NC(C)(C)C)n1. The normalized spacial score (nSPS) is 11.3. The average Bonchev–Trinajstić information content (AvgIpc) is 2.15. The third-order valence-electron chi connectivity index (χ3n) is 1.61. The Morgan fingerprint density at radius 3 is 2.62 bits per heavy atom. The minimum atomic E-state index is -0.315. The van der Waals surface area contributed by atoms with Crippen LogP contribution >= 0.6 is 23.4 Å². The van der Waals surface area contributed by atoms with Crippen molar-refractivity contribution < 1.29 is 4.79 Å². The molecule has 16 heavy (non-hydrogen) atoms. The van der Waals surface area contributed by atoms with Crippen LogP contribution in [-0.2, 0) is 0 Å². The summed E-state index contributed by atoms with van der Waals surface area (Å²) in [4.78, 5) is 19.9. The van der Waals surface area contributed by atoms with Gasteiger partial charge in [0.15, 0.2) is 10.9 Å². The molecule has 0 aliphatic carbocycles. The van der Waals surface area contributed by atoms with Crippen molar-refractivity contribution in [2.75, 3.05) is 6.26 Å². The lowest BCUT2D eigenvalue weighted by atomic mass is 10.1. The summed E-state index contributed by atoms with van der Waals surface area (Å²) in [5, 5.41) is 3.60. The van der Waals surface area contributed by atoms with Gasteiger partial charge in [-0.15, -0.1) is 0 Å². The highest BCUT2D eigenvalue weighted by Crippen LogP contribution is 2.17. The summed E-state index contributed by atoms with van der Waals surface area (Å²) < 4.78 is 0. The molecule has 0 aliphatic rings. The van der Waals surface area contributed by atoms with Crippen molar-refractivity contribution in [3.05, 3.63) is 16.9 Å². The van der Waals surface area contributed by atoms with Gasteiger partial charge in [0.25, 0.3) is 5.91 Å². The lowest BCUT2D eigenvalue weighted by Crippen LogP contribution is -2.41. The van der Waals surface area contributed by atoms with Gasteiger partial charge < -0.3 is 5.32 Å². The number of nitrogens with one attached hydrogen (secondary N) is 1. The Morgan fingerprint density at radius 2 is 2.12 bits per heavy atom. The zero-order valence-electron chi connectivity index (χ0n) is 9.67. The quantitative estimate of drug-likeness (QED) is 0.655. The van der Waals surface area contributed by atoms with Crippen molar-refractivity contribution in [3.63, 3.8) is 0 Å². The smallest absolute Gasteiger partial charge is 0.272 e. The van der Waals surface area contributed by atoms with Gasteiger partial charge in [-0.2, -0.15) is 0 Å². The Kier molecular flexibility index (Phi) is 4.15.